The summed E-state index contributed by atoms with van der Waals surface area (Å²) in [6.45, 7) is 2.49. The summed E-state index contributed by atoms with van der Waals surface area (Å²) in [6, 6.07) is 1.73. The Morgan fingerprint density at radius 1 is 1.47 bits per heavy atom. The molecule has 0 spiro atoms. The second-order valence-electron chi connectivity index (χ2n) is 4.31. The first-order chi connectivity index (χ1) is 8.22. The van der Waals surface area contributed by atoms with Crippen molar-refractivity contribution in [3.05, 3.63) is 22.9 Å². The Bertz CT molecular complexity index is 429. The van der Waals surface area contributed by atoms with E-state index in [0.717, 1.165) is 43.4 Å². The Kier molecular flexibility index (Phi) is 3.61. The van der Waals surface area contributed by atoms with Gasteiger partial charge in [-0.25, -0.2) is 9.78 Å². The molecule has 0 aromatic carbocycles. The highest BCUT2D eigenvalue weighted by Crippen LogP contribution is 2.26. The van der Waals surface area contributed by atoms with E-state index >= 15 is 0 Å². The van der Waals surface area contributed by atoms with Gasteiger partial charge in [0.2, 0.25) is 5.88 Å². The van der Waals surface area contributed by atoms with Crippen molar-refractivity contribution in [2.45, 2.75) is 39.0 Å². The predicted octanol–water partition coefficient (Wildman–Crippen LogP) is 2.45. The number of carboxylic acid groups (broad SMARTS) is 1. The van der Waals surface area contributed by atoms with E-state index in [0.29, 0.717) is 6.61 Å². The molecule has 17 heavy (non-hydrogen) atoms. The third kappa shape index (κ3) is 2.57. The van der Waals surface area contributed by atoms with Gasteiger partial charge < -0.3 is 9.84 Å². The van der Waals surface area contributed by atoms with Crippen LogP contribution in [-0.4, -0.2) is 22.7 Å². The van der Waals surface area contributed by atoms with E-state index in [-0.39, 0.29) is 11.4 Å². The number of carbonyl (C=O) groups is 1. The first-order valence-electron chi connectivity index (χ1n) is 6.11. The standard InChI is InChI=1S/C13H17NO3/c1-2-7-17-12-10(13(15)16)8-9-5-3-4-6-11(9)14-12/h8H,2-7H2,1H3,(H,15,16). The molecular formula is C13H17NO3. The highest BCUT2D eigenvalue weighted by molar-refractivity contribution is 5.90. The lowest BCUT2D eigenvalue weighted by molar-refractivity contribution is 0.0691. The second-order valence-corrected chi connectivity index (χ2v) is 4.31. The van der Waals surface area contributed by atoms with Gasteiger partial charge in [0, 0.05) is 5.69 Å². The van der Waals surface area contributed by atoms with E-state index in [9.17, 15) is 4.79 Å². The lowest BCUT2D eigenvalue weighted by Crippen LogP contribution is -2.12. The Morgan fingerprint density at radius 3 is 2.94 bits per heavy atom. The molecule has 0 bridgehead atoms. The predicted molar refractivity (Wildman–Crippen MR) is 63.6 cm³/mol. The SMILES string of the molecule is CCCOc1nc2c(cc1C(=O)O)CCCC2. The topological polar surface area (TPSA) is 59.4 Å². The average Bonchev–Trinajstić information content (AvgIpc) is 2.35. The van der Waals surface area contributed by atoms with Crippen molar-refractivity contribution in [1.82, 2.24) is 4.98 Å². The minimum Gasteiger partial charge on any atom is -0.477 e. The molecular weight excluding hydrogens is 218 g/mol. The summed E-state index contributed by atoms with van der Waals surface area (Å²) < 4.78 is 5.42. The molecule has 1 aromatic heterocycles. The van der Waals surface area contributed by atoms with Crippen molar-refractivity contribution < 1.29 is 14.6 Å². The quantitative estimate of drug-likeness (QED) is 0.870. The van der Waals surface area contributed by atoms with E-state index < -0.39 is 5.97 Å². The van der Waals surface area contributed by atoms with Crippen molar-refractivity contribution in [2.75, 3.05) is 6.61 Å². The maximum atomic E-state index is 11.2. The number of carboxylic acids is 1. The minimum atomic E-state index is -0.961. The Balaban J connectivity index is 2.37. The molecule has 0 unspecified atom stereocenters. The van der Waals surface area contributed by atoms with Crippen LogP contribution in [0.25, 0.3) is 0 Å². The molecule has 1 aromatic rings. The van der Waals surface area contributed by atoms with Crippen LogP contribution in [0.3, 0.4) is 0 Å². The monoisotopic (exact) mass is 235 g/mol. The van der Waals surface area contributed by atoms with Crippen molar-refractivity contribution in [3.8, 4) is 5.88 Å². The maximum Gasteiger partial charge on any atom is 0.341 e. The number of hydrogen-bond donors (Lipinski definition) is 1. The van der Waals surface area contributed by atoms with Crippen LogP contribution < -0.4 is 4.74 Å². The number of aromatic carboxylic acids is 1. The maximum absolute atomic E-state index is 11.2. The lowest BCUT2D eigenvalue weighted by atomic mass is 9.95. The molecule has 0 fully saturated rings. The van der Waals surface area contributed by atoms with Gasteiger partial charge >= 0.3 is 5.97 Å². The third-order valence-corrected chi connectivity index (χ3v) is 2.94. The zero-order valence-electron chi connectivity index (χ0n) is 10.0. The fourth-order valence-corrected chi connectivity index (χ4v) is 2.08. The number of hydrogen-bond acceptors (Lipinski definition) is 3. The normalized spacial score (nSPS) is 14.2. The van der Waals surface area contributed by atoms with Gasteiger partial charge in [0.05, 0.1) is 6.61 Å². The molecule has 0 amide bonds. The summed E-state index contributed by atoms with van der Waals surface area (Å²) in [5.74, 6) is -0.683. The summed E-state index contributed by atoms with van der Waals surface area (Å²) in [5.41, 5.74) is 2.27. The first-order valence-corrected chi connectivity index (χ1v) is 6.11. The van der Waals surface area contributed by atoms with Gasteiger partial charge in [-0.15, -0.1) is 0 Å². The van der Waals surface area contributed by atoms with Crippen molar-refractivity contribution in [1.29, 1.82) is 0 Å². The van der Waals surface area contributed by atoms with Crippen LogP contribution in [0.1, 0.15) is 47.8 Å². The van der Waals surface area contributed by atoms with Crippen LogP contribution in [0.15, 0.2) is 6.07 Å². The molecule has 0 aliphatic heterocycles. The van der Waals surface area contributed by atoms with Crippen molar-refractivity contribution in [3.63, 3.8) is 0 Å². The molecule has 92 valence electrons. The van der Waals surface area contributed by atoms with E-state index in [1.807, 2.05) is 6.92 Å². The summed E-state index contributed by atoms with van der Waals surface area (Å²) in [4.78, 5) is 15.5. The molecule has 1 N–H and O–H groups in total. The summed E-state index contributed by atoms with van der Waals surface area (Å²) in [6.07, 6.45) is 4.94. The fraction of sp³-hybridized carbons (Fsp3) is 0.538. The zero-order chi connectivity index (χ0) is 12.3. The average molecular weight is 235 g/mol. The fourth-order valence-electron chi connectivity index (χ4n) is 2.08. The molecule has 4 heteroatoms. The van der Waals surface area contributed by atoms with Crippen LogP contribution >= 0.6 is 0 Å². The van der Waals surface area contributed by atoms with Gasteiger partial charge in [-0.05, 0) is 43.7 Å². The van der Waals surface area contributed by atoms with E-state index in [1.165, 1.54) is 0 Å². The molecule has 2 rings (SSSR count). The van der Waals surface area contributed by atoms with Crippen LogP contribution in [0.4, 0.5) is 0 Å². The number of fused-ring (bicyclic) bond motifs is 1. The Labute approximate surface area is 101 Å². The van der Waals surface area contributed by atoms with Crippen LogP contribution in [-0.2, 0) is 12.8 Å². The van der Waals surface area contributed by atoms with Gasteiger partial charge in [-0.2, -0.15) is 0 Å². The van der Waals surface area contributed by atoms with E-state index in [1.54, 1.807) is 6.07 Å². The number of pyridine rings is 1. The first kappa shape index (κ1) is 11.9. The highest BCUT2D eigenvalue weighted by atomic mass is 16.5. The van der Waals surface area contributed by atoms with Crippen molar-refractivity contribution >= 4 is 5.97 Å². The highest BCUT2D eigenvalue weighted by Gasteiger charge is 2.19. The van der Waals surface area contributed by atoms with Crippen LogP contribution in [0.5, 0.6) is 5.88 Å². The molecule has 0 saturated heterocycles. The van der Waals surface area contributed by atoms with Gasteiger partial charge in [-0.1, -0.05) is 6.92 Å². The number of ether oxygens (including phenoxy) is 1. The molecule has 0 radical (unpaired) electrons. The molecule has 1 heterocycles. The van der Waals surface area contributed by atoms with Crippen LogP contribution in [0, 0.1) is 0 Å². The lowest BCUT2D eigenvalue weighted by Gasteiger charge is -2.17. The number of aromatic nitrogens is 1. The summed E-state index contributed by atoms with van der Waals surface area (Å²) in [5, 5.41) is 9.15. The van der Waals surface area contributed by atoms with Gasteiger partial charge in [-0.3, -0.25) is 0 Å². The summed E-state index contributed by atoms with van der Waals surface area (Å²) >= 11 is 0. The zero-order valence-corrected chi connectivity index (χ0v) is 10.0. The van der Waals surface area contributed by atoms with Crippen LogP contribution in [0.2, 0.25) is 0 Å². The van der Waals surface area contributed by atoms with Crippen molar-refractivity contribution in [2.24, 2.45) is 0 Å². The molecule has 4 nitrogen and oxygen atoms in total. The second kappa shape index (κ2) is 5.17. The molecule has 0 saturated carbocycles. The molecule has 1 aliphatic carbocycles. The van der Waals surface area contributed by atoms with Gasteiger partial charge in [0.15, 0.2) is 0 Å². The minimum absolute atomic E-state index is 0.194. The van der Waals surface area contributed by atoms with Gasteiger partial charge in [0.25, 0.3) is 0 Å². The van der Waals surface area contributed by atoms with E-state index in [2.05, 4.69) is 4.98 Å². The largest absolute Gasteiger partial charge is 0.477 e. The van der Waals surface area contributed by atoms with Gasteiger partial charge in [0.1, 0.15) is 5.56 Å². The molecule has 1 aliphatic rings. The molecule has 0 atom stereocenters. The van der Waals surface area contributed by atoms with E-state index in [4.69, 9.17) is 9.84 Å². The number of nitrogens with zero attached hydrogens (tertiary/aromatic N) is 1. The summed E-state index contributed by atoms with van der Waals surface area (Å²) in [7, 11) is 0. The Morgan fingerprint density at radius 2 is 2.24 bits per heavy atom. The number of aryl methyl sites for hydroxylation is 2. The number of rotatable bonds is 4. The third-order valence-electron chi connectivity index (χ3n) is 2.94. The Hall–Kier alpha value is -1.58. The smallest absolute Gasteiger partial charge is 0.341 e.